The summed E-state index contributed by atoms with van der Waals surface area (Å²) in [6, 6.07) is 13.0. The van der Waals surface area contributed by atoms with Crippen LogP contribution in [-0.4, -0.2) is 73.1 Å². The van der Waals surface area contributed by atoms with Crippen LogP contribution in [0.3, 0.4) is 0 Å². The van der Waals surface area contributed by atoms with Crippen molar-refractivity contribution in [3.8, 4) is 0 Å². The van der Waals surface area contributed by atoms with Gasteiger partial charge in [0.15, 0.2) is 5.11 Å². The molecule has 0 aliphatic carbocycles. The van der Waals surface area contributed by atoms with Gasteiger partial charge in [-0.25, -0.2) is 13.8 Å². The van der Waals surface area contributed by atoms with Crippen molar-refractivity contribution in [3.05, 3.63) is 76.9 Å². The predicted molar refractivity (Wildman–Crippen MR) is 134 cm³/mol. The molecule has 0 spiro atoms. The number of nitrogens with one attached hydrogen (secondary N) is 1. The zero-order valence-electron chi connectivity index (χ0n) is 18.9. The lowest BCUT2D eigenvalue weighted by molar-refractivity contribution is 0.0330. The maximum absolute atomic E-state index is 13.6. The van der Waals surface area contributed by atoms with Gasteiger partial charge in [-0.15, -0.1) is 0 Å². The Morgan fingerprint density at radius 2 is 1.62 bits per heavy atom. The number of morpholine rings is 1. The number of aliphatic imine (C=N–C) groups is 1. The molecule has 2 aromatic rings. The van der Waals surface area contributed by atoms with Crippen molar-refractivity contribution in [2.75, 3.05) is 52.5 Å². The minimum absolute atomic E-state index is 0.0577. The summed E-state index contributed by atoms with van der Waals surface area (Å²) in [5, 5.41) is 3.80. The summed E-state index contributed by atoms with van der Waals surface area (Å²) in [6.07, 6.45) is 2.09. The van der Waals surface area contributed by atoms with Crippen LogP contribution in [0.1, 0.15) is 17.2 Å². The predicted octanol–water partition coefficient (Wildman–Crippen LogP) is 3.68. The molecule has 0 amide bonds. The van der Waals surface area contributed by atoms with E-state index in [4.69, 9.17) is 21.9 Å². The van der Waals surface area contributed by atoms with Gasteiger partial charge in [0.1, 0.15) is 11.6 Å². The second kappa shape index (κ2) is 10.4. The third-order valence-corrected chi connectivity index (χ3v) is 6.92. The number of ether oxygens (including phenoxy) is 1. The molecule has 0 saturated carbocycles. The van der Waals surface area contributed by atoms with E-state index in [1.807, 2.05) is 12.1 Å². The molecule has 1 N–H and O–H groups in total. The Balaban J connectivity index is 1.45. The zero-order valence-corrected chi connectivity index (χ0v) is 19.7. The first kappa shape index (κ1) is 23.2. The van der Waals surface area contributed by atoms with Crippen LogP contribution < -0.4 is 5.32 Å². The smallest absolute Gasteiger partial charge is 0.193 e. The fourth-order valence-corrected chi connectivity index (χ4v) is 5.15. The molecular formula is C26H28F2N4OS. The van der Waals surface area contributed by atoms with Crippen LogP contribution in [-0.2, 0) is 4.74 Å². The van der Waals surface area contributed by atoms with Crippen LogP contribution in [0.2, 0.25) is 0 Å². The van der Waals surface area contributed by atoms with E-state index in [1.165, 1.54) is 24.3 Å². The fourth-order valence-electron chi connectivity index (χ4n) is 4.93. The highest BCUT2D eigenvalue weighted by atomic mass is 32.1. The van der Waals surface area contributed by atoms with Crippen LogP contribution in [0.25, 0.3) is 6.08 Å². The molecule has 5 nitrogen and oxygen atoms in total. The van der Waals surface area contributed by atoms with E-state index in [0.717, 1.165) is 74.9 Å². The Morgan fingerprint density at radius 1 is 0.971 bits per heavy atom. The minimum atomic E-state index is -0.260. The van der Waals surface area contributed by atoms with Crippen molar-refractivity contribution in [1.29, 1.82) is 0 Å². The Morgan fingerprint density at radius 3 is 2.32 bits per heavy atom. The normalized spacial score (nSPS) is 25.1. The monoisotopic (exact) mass is 482 g/mol. The first-order valence-electron chi connectivity index (χ1n) is 11.7. The van der Waals surface area contributed by atoms with Gasteiger partial charge in [0.25, 0.3) is 0 Å². The van der Waals surface area contributed by atoms with Crippen molar-refractivity contribution in [2.24, 2.45) is 10.9 Å². The second-order valence-electron chi connectivity index (χ2n) is 8.99. The maximum atomic E-state index is 13.6. The molecule has 2 saturated heterocycles. The number of nitrogens with zero attached hydrogens (tertiary/aromatic N) is 3. The summed E-state index contributed by atoms with van der Waals surface area (Å²) in [5.41, 5.74) is 3.96. The average molecular weight is 483 g/mol. The number of piperidine rings is 1. The van der Waals surface area contributed by atoms with Gasteiger partial charge >= 0.3 is 0 Å². The minimum Gasteiger partial charge on any atom is -0.379 e. The van der Waals surface area contributed by atoms with E-state index in [9.17, 15) is 8.78 Å². The van der Waals surface area contributed by atoms with E-state index in [2.05, 4.69) is 21.2 Å². The molecule has 34 heavy (non-hydrogen) atoms. The average Bonchev–Trinajstić information content (AvgIpc) is 2.85. The van der Waals surface area contributed by atoms with Gasteiger partial charge in [-0.2, -0.15) is 0 Å². The highest BCUT2D eigenvalue weighted by Crippen LogP contribution is 2.34. The van der Waals surface area contributed by atoms with Crippen LogP contribution in [0.4, 0.5) is 8.78 Å². The van der Waals surface area contributed by atoms with Crippen molar-refractivity contribution in [3.63, 3.8) is 0 Å². The molecule has 2 unspecified atom stereocenters. The molecule has 8 heteroatoms. The molecule has 2 atom stereocenters. The number of fused-ring (bicyclic) bond motifs is 1. The largest absolute Gasteiger partial charge is 0.379 e. The molecule has 2 fully saturated rings. The third-order valence-electron chi connectivity index (χ3n) is 6.71. The molecule has 0 bridgehead atoms. The number of halogens is 2. The van der Waals surface area contributed by atoms with Gasteiger partial charge in [-0.05, 0) is 59.3 Å². The zero-order chi connectivity index (χ0) is 23.5. The van der Waals surface area contributed by atoms with Crippen LogP contribution >= 0.6 is 12.2 Å². The molecular weight excluding hydrogens is 454 g/mol. The summed E-state index contributed by atoms with van der Waals surface area (Å²) in [4.78, 5) is 9.62. The molecule has 3 aliphatic rings. The van der Waals surface area contributed by atoms with Gasteiger partial charge in [0.05, 0.1) is 25.0 Å². The number of rotatable bonds is 5. The molecule has 3 heterocycles. The second-order valence-corrected chi connectivity index (χ2v) is 9.38. The van der Waals surface area contributed by atoms with Crippen molar-refractivity contribution >= 4 is 29.1 Å². The molecule has 2 aromatic carbocycles. The molecule has 178 valence electrons. The van der Waals surface area contributed by atoms with Crippen LogP contribution in [0.15, 0.2) is 59.1 Å². The summed E-state index contributed by atoms with van der Waals surface area (Å²) < 4.78 is 32.6. The lowest BCUT2D eigenvalue weighted by Gasteiger charge is -2.43. The first-order valence-corrected chi connectivity index (χ1v) is 12.1. The van der Waals surface area contributed by atoms with E-state index >= 15 is 0 Å². The first-order chi connectivity index (χ1) is 16.5. The van der Waals surface area contributed by atoms with E-state index in [-0.39, 0.29) is 23.6 Å². The summed E-state index contributed by atoms with van der Waals surface area (Å²) in [6.45, 7) is 6.93. The number of likely N-dealkylation sites (tertiary alicyclic amines) is 1. The highest BCUT2D eigenvalue weighted by Gasteiger charge is 2.38. The van der Waals surface area contributed by atoms with Gasteiger partial charge in [0.2, 0.25) is 0 Å². The van der Waals surface area contributed by atoms with E-state index < -0.39 is 0 Å². The quantitative estimate of drug-likeness (QED) is 0.659. The lowest BCUT2D eigenvalue weighted by atomic mass is 9.81. The Bertz CT molecular complexity index is 1080. The van der Waals surface area contributed by atoms with Gasteiger partial charge in [0, 0.05) is 45.2 Å². The highest BCUT2D eigenvalue weighted by molar-refractivity contribution is 7.80. The SMILES string of the molecule is Fc1ccc(/C=C2\CN(CCN3CCOCC3)CC3C2=NC(=S)NC3c2ccc(F)cc2)cc1. The Hall–Kier alpha value is -2.52. The van der Waals surface area contributed by atoms with E-state index in [0.29, 0.717) is 5.11 Å². The maximum Gasteiger partial charge on any atom is 0.193 e. The standard InChI is InChI=1S/C26H28F2N4OS/c27-21-5-1-18(2-6-21)15-20-16-32(10-9-31-11-13-33-14-12-31)17-23-24(29-26(34)30-25(20)23)19-3-7-22(28)8-4-19/h1-8,15,23-24H,9-14,16-17H2,(H,29,34)/b20-15+. The number of benzene rings is 2. The van der Waals surface area contributed by atoms with Crippen molar-refractivity contribution < 1.29 is 13.5 Å². The molecule has 3 aliphatic heterocycles. The number of thiocarbonyl (C=S) groups is 1. The summed E-state index contributed by atoms with van der Waals surface area (Å²) in [5.74, 6) is -0.460. The lowest BCUT2D eigenvalue weighted by Crippen LogP contribution is -2.53. The van der Waals surface area contributed by atoms with Crippen molar-refractivity contribution in [1.82, 2.24) is 15.1 Å². The van der Waals surface area contributed by atoms with Crippen LogP contribution in [0, 0.1) is 17.6 Å². The fraction of sp³-hybridized carbons (Fsp3) is 0.385. The molecule has 0 aromatic heterocycles. The Kier molecular flexibility index (Phi) is 7.10. The summed E-state index contributed by atoms with van der Waals surface area (Å²) >= 11 is 5.50. The number of hydrogen-bond acceptors (Lipinski definition) is 4. The van der Waals surface area contributed by atoms with Gasteiger partial charge in [-0.1, -0.05) is 24.3 Å². The van der Waals surface area contributed by atoms with Crippen molar-refractivity contribution in [2.45, 2.75) is 6.04 Å². The summed E-state index contributed by atoms with van der Waals surface area (Å²) in [7, 11) is 0. The molecule has 0 radical (unpaired) electrons. The van der Waals surface area contributed by atoms with Gasteiger partial charge < -0.3 is 10.1 Å². The third kappa shape index (κ3) is 5.41. The van der Waals surface area contributed by atoms with Gasteiger partial charge in [-0.3, -0.25) is 9.80 Å². The van der Waals surface area contributed by atoms with E-state index in [1.54, 1.807) is 12.1 Å². The molecule has 5 rings (SSSR count). The Labute approximate surface area is 204 Å². The van der Waals surface area contributed by atoms with Crippen LogP contribution in [0.5, 0.6) is 0 Å². The number of hydrogen-bond donors (Lipinski definition) is 1. The topological polar surface area (TPSA) is 40.1 Å².